The number of carbonyl (C=O) groups is 1. The van der Waals surface area contributed by atoms with Gasteiger partial charge in [0.2, 0.25) is 6.54 Å². The number of carbonyl (C=O) groups excluding carboxylic acids is 1. The minimum absolute atomic E-state index is 0.221. The summed E-state index contributed by atoms with van der Waals surface area (Å²) in [5, 5.41) is 0. The van der Waals surface area contributed by atoms with Crippen LogP contribution in [-0.2, 0) is 4.74 Å². The first-order valence-corrected chi connectivity index (χ1v) is 8.80. The van der Waals surface area contributed by atoms with Crippen molar-refractivity contribution >= 4 is 5.97 Å². The summed E-state index contributed by atoms with van der Waals surface area (Å²) in [4.78, 5) is 24.4. The average molecular weight is 356 g/mol. The molecular weight excluding hydrogens is 330 g/mol. The molecule has 0 radical (unpaired) electrons. The molecule has 0 aliphatic rings. The summed E-state index contributed by atoms with van der Waals surface area (Å²) < 4.78 is 12.5. The lowest BCUT2D eigenvalue weighted by Gasteiger charge is -2.31. The minimum Gasteiger partial charge on any atom is -0.493 e. The molecule has 5 nitrogen and oxygen atoms in total. The summed E-state index contributed by atoms with van der Waals surface area (Å²) in [6.07, 6.45) is 0. The molecule has 26 heavy (non-hydrogen) atoms. The van der Waals surface area contributed by atoms with Crippen LogP contribution in [0, 0.1) is 10.8 Å². The topological polar surface area (TPSA) is 55.6 Å². The number of para-hydroxylation sites is 1. The zero-order chi connectivity index (χ0) is 19.0. The molecule has 0 amide bonds. The Morgan fingerprint density at radius 2 is 1.62 bits per heavy atom. The maximum atomic E-state index is 12.4. The van der Waals surface area contributed by atoms with Crippen LogP contribution in [0.4, 0.5) is 0 Å². The van der Waals surface area contributed by atoms with Gasteiger partial charge in [-0.2, -0.15) is 0 Å². The number of esters is 1. The fourth-order valence-corrected chi connectivity index (χ4v) is 2.52. The van der Waals surface area contributed by atoms with E-state index in [2.05, 4.69) is 0 Å². The van der Waals surface area contributed by atoms with Crippen LogP contribution in [0.25, 0.3) is 0 Å². The molecule has 1 unspecified atom stereocenters. The van der Waals surface area contributed by atoms with Crippen LogP contribution in [0.3, 0.4) is 0 Å². The molecule has 0 spiro atoms. The maximum absolute atomic E-state index is 12.4. The Morgan fingerprint density at radius 1 is 1.04 bits per heavy atom. The highest BCUT2D eigenvalue weighted by molar-refractivity contribution is 5.89. The number of hydrogen-bond acceptors (Lipinski definition) is 4. The van der Waals surface area contributed by atoms with Crippen molar-refractivity contribution < 1.29 is 19.0 Å². The van der Waals surface area contributed by atoms with Gasteiger partial charge < -0.3 is 9.47 Å². The average Bonchev–Trinajstić information content (AvgIpc) is 2.65. The molecule has 2 aromatic carbocycles. The number of rotatable bonds is 9. The van der Waals surface area contributed by atoms with Gasteiger partial charge in [0.1, 0.15) is 18.0 Å². The number of nitrogens with zero attached hydrogens (tertiary/aromatic N) is 1. The monoisotopic (exact) mass is 356 g/mol. The highest BCUT2D eigenvalue weighted by Gasteiger charge is 2.38. The van der Waals surface area contributed by atoms with Gasteiger partial charge in [-0.1, -0.05) is 36.4 Å². The zero-order valence-corrected chi connectivity index (χ0v) is 15.6. The lowest BCUT2D eigenvalue weighted by atomic mass is 9.91. The van der Waals surface area contributed by atoms with E-state index in [4.69, 9.17) is 9.47 Å². The molecule has 2 aromatic rings. The standard InChI is InChI=1S/C21H26NO4/c1-4-22(24)15-18(16-25-19-13-9-6-10-14-19)21(2,3)26-20(23)17-11-7-5-8-12-17/h5-14,18H,4,15-16H2,1-3H3/q+1. The lowest BCUT2D eigenvalue weighted by molar-refractivity contribution is -0.555. The van der Waals surface area contributed by atoms with Crippen LogP contribution in [0.1, 0.15) is 31.1 Å². The lowest BCUT2D eigenvalue weighted by Crippen LogP contribution is -2.44. The molecule has 0 saturated carbocycles. The Labute approximate surface area is 154 Å². The predicted octanol–water partition coefficient (Wildman–Crippen LogP) is 4.12. The number of benzene rings is 2. The summed E-state index contributed by atoms with van der Waals surface area (Å²) in [5.74, 6) is 0.0266. The second-order valence-electron chi connectivity index (χ2n) is 6.66. The second-order valence-corrected chi connectivity index (χ2v) is 6.66. The van der Waals surface area contributed by atoms with E-state index in [-0.39, 0.29) is 19.1 Å². The molecule has 0 aromatic heterocycles. The first-order valence-electron chi connectivity index (χ1n) is 8.80. The van der Waals surface area contributed by atoms with E-state index >= 15 is 0 Å². The molecule has 0 fully saturated rings. The molecule has 0 aliphatic heterocycles. The van der Waals surface area contributed by atoms with Gasteiger partial charge in [-0.25, -0.2) is 4.79 Å². The van der Waals surface area contributed by atoms with Crippen molar-refractivity contribution in [3.63, 3.8) is 0 Å². The van der Waals surface area contributed by atoms with E-state index < -0.39 is 11.6 Å². The molecular formula is C21H26NO4+. The second kappa shape index (κ2) is 9.13. The van der Waals surface area contributed by atoms with Gasteiger partial charge in [0, 0.05) is 4.91 Å². The summed E-state index contributed by atoms with van der Waals surface area (Å²) in [7, 11) is 0. The van der Waals surface area contributed by atoms with Gasteiger partial charge in [-0.05, 0) is 49.8 Å². The first-order chi connectivity index (χ1) is 12.4. The third kappa shape index (κ3) is 5.69. The van der Waals surface area contributed by atoms with Crippen LogP contribution < -0.4 is 4.74 Å². The Balaban J connectivity index is 2.10. The van der Waals surface area contributed by atoms with Crippen LogP contribution in [-0.4, -0.2) is 36.0 Å². The molecule has 0 N–H and O–H groups in total. The van der Waals surface area contributed by atoms with Crippen molar-refractivity contribution in [3.8, 4) is 5.75 Å². The fraction of sp³-hybridized carbons (Fsp3) is 0.381. The van der Waals surface area contributed by atoms with Crippen molar-refractivity contribution in [1.82, 2.24) is 0 Å². The van der Waals surface area contributed by atoms with Crippen molar-refractivity contribution in [3.05, 3.63) is 71.1 Å². The van der Waals surface area contributed by atoms with Crippen LogP contribution in [0.5, 0.6) is 5.75 Å². The Morgan fingerprint density at radius 3 is 2.19 bits per heavy atom. The summed E-state index contributed by atoms with van der Waals surface area (Å²) in [6, 6.07) is 18.2. The van der Waals surface area contributed by atoms with E-state index in [0.717, 1.165) is 10.5 Å². The van der Waals surface area contributed by atoms with E-state index in [1.54, 1.807) is 31.2 Å². The third-order valence-electron chi connectivity index (χ3n) is 4.32. The predicted molar refractivity (Wildman–Crippen MR) is 100 cm³/mol. The van der Waals surface area contributed by atoms with Gasteiger partial charge in [0.25, 0.3) is 0 Å². The molecule has 2 rings (SSSR count). The van der Waals surface area contributed by atoms with Crippen LogP contribution in [0.2, 0.25) is 0 Å². The fourth-order valence-electron chi connectivity index (χ4n) is 2.52. The number of nitroso groups, excluding NO2 is 1. The molecule has 138 valence electrons. The van der Waals surface area contributed by atoms with E-state index in [1.165, 1.54) is 0 Å². The smallest absolute Gasteiger partial charge is 0.338 e. The molecule has 0 aliphatic carbocycles. The van der Waals surface area contributed by atoms with Gasteiger partial charge in [0.05, 0.1) is 11.5 Å². The normalized spacial score (nSPS) is 12.3. The van der Waals surface area contributed by atoms with Gasteiger partial charge in [-0.15, -0.1) is 0 Å². The van der Waals surface area contributed by atoms with Crippen LogP contribution >= 0.6 is 0 Å². The summed E-state index contributed by atoms with van der Waals surface area (Å²) >= 11 is 0. The molecule has 1 atom stereocenters. The molecule has 5 heteroatoms. The molecule has 0 saturated heterocycles. The highest BCUT2D eigenvalue weighted by Crippen LogP contribution is 2.25. The third-order valence-corrected chi connectivity index (χ3v) is 4.32. The summed E-state index contributed by atoms with van der Waals surface area (Å²) in [6.45, 7) is 6.29. The minimum atomic E-state index is -0.862. The van der Waals surface area contributed by atoms with Crippen molar-refractivity contribution in [2.75, 3.05) is 19.7 Å². The van der Waals surface area contributed by atoms with E-state index in [9.17, 15) is 9.70 Å². The Kier molecular flexibility index (Phi) is 6.89. The zero-order valence-electron chi connectivity index (χ0n) is 15.6. The largest absolute Gasteiger partial charge is 0.493 e. The Bertz CT molecular complexity index is 713. The SMILES string of the molecule is CC[N+](=O)CC(COc1ccccc1)C(C)(C)OC(=O)c1ccccc1. The quantitative estimate of drug-likeness (QED) is 0.501. The Hall–Kier alpha value is -2.69. The van der Waals surface area contributed by atoms with Crippen molar-refractivity contribution in [2.45, 2.75) is 26.4 Å². The van der Waals surface area contributed by atoms with Crippen LogP contribution in [0.15, 0.2) is 60.7 Å². The first kappa shape index (κ1) is 19.6. The van der Waals surface area contributed by atoms with Crippen molar-refractivity contribution in [1.29, 1.82) is 0 Å². The van der Waals surface area contributed by atoms with E-state index in [1.807, 2.05) is 50.2 Å². The van der Waals surface area contributed by atoms with E-state index in [0.29, 0.717) is 12.1 Å². The number of ether oxygens (including phenoxy) is 2. The van der Waals surface area contributed by atoms with Gasteiger partial charge >= 0.3 is 5.97 Å². The maximum Gasteiger partial charge on any atom is 0.338 e. The van der Waals surface area contributed by atoms with Gasteiger partial charge in [-0.3, -0.25) is 0 Å². The molecule has 0 bridgehead atoms. The van der Waals surface area contributed by atoms with Gasteiger partial charge in [0.15, 0.2) is 6.54 Å². The number of hydrogen-bond donors (Lipinski definition) is 0. The molecule has 0 heterocycles. The highest BCUT2D eigenvalue weighted by atomic mass is 16.6. The van der Waals surface area contributed by atoms with Crippen molar-refractivity contribution in [2.24, 2.45) is 5.92 Å². The summed E-state index contributed by atoms with van der Waals surface area (Å²) in [5.41, 5.74) is -0.378.